The summed E-state index contributed by atoms with van der Waals surface area (Å²) in [6.07, 6.45) is 2.53. The van der Waals surface area contributed by atoms with Gasteiger partial charge >= 0.3 is 0 Å². The van der Waals surface area contributed by atoms with E-state index in [4.69, 9.17) is 16.3 Å². The van der Waals surface area contributed by atoms with E-state index in [1.165, 1.54) is 0 Å². The number of ether oxygens (including phenoxy) is 1. The Hall–Kier alpha value is -2.10. The fourth-order valence-electron chi connectivity index (χ4n) is 5.80. The number of ketones is 1. The van der Waals surface area contributed by atoms with Crippen LogP contribution in [0.4, 0.5) is 0 Å². The second-order valence-electron chi connectivity index (χ2n) is 9.04. The minimum absolute atomic E-state index is 0.0291. The summed E-state index contributed by atoms with van der Waals surface area (Å²) in [5.41, 5.74) is 3.52. The van der Waals surface area contributed by atoms with Gasteiger partial charge in [0.25, 0.3) is 0 Å². The zero-order valence-electron chi connectivity index (χ0n) is 17.0. The summed E-state index contributed by atoms with van der Waals surface area (Å²) >= 11 is 6.04. The van der Waals surface area contributed by atoms with Crippen LogP contribution < -0.4 is 0 Å². The Morgan fingerprint density at radius 2 is 1.66 bits per heavy atom. The molecule has 1 N–H and O–H groups in total. The monoisotopic (exact) mass is 408 g/mol. The lowest BCUT2D eigenvalue weighted by Crippen LogP contribution is -2.39. The molecule has 2 saturated heterocycles. The van der Waals surface area contributed by atoms with E-state index in [0.29, 0.717) is 10.6 Å². The third kappa shape index (κ3) is 2.57. The fraction of sp³-hybridized carbons (Fsp3) is 0.400. The number of hydrogen-bond acceptors (Lipinski definition) is 3. The first-order valence-corrected chi connectivity index (χ1v) is 10.7. The van der Waals surface area contributed by atoms with Crippen LogP contribution in [0.15, 0.2) is 48.2 Å². The standard InChI is InChI=1S/C25H25ClO3/c1-4-14-5-6-16(15-7-9-17(26)10-8-15)13-18(14)19-22(27)20-21(23(19)28)25(3)12-11-24(20,2)29-25/h5-10,13,20-21,27H,4,11-12H2,1-3H3/t20-,21+,24?,25?/m1/s1. The van der Waals surface area contributed by atoms with E-state index < -0.39 is 11.2 Å². The summed E-state index contributed by atoms with van der Waals surface area (Å²) in [6.45, 7) is 6.15. The number of fused-ring (bicyclic) bond motifs is 5. The van der Waals surface area contributed by atoms with Gasteiger partial charge in [-0.15, -0.1) is 0 Å². The van der Waals surface area contributed by atoms with Crippen molar-refractivity contribution in [2.24, 2.45) is 11.8 Å². The molecule has 150 valence electrons. The number of aryl methyl sites for hydroxylation is 1. The van der Waals surface area contributed by atoms with Gasteiger partial charge in [-0.1, -0.05) is 42.8 Å². The number of hydrogen-bond donors (Lipinski definition) is 1. The molecule has 2 bridgehead atoms. The Morgan fingerprint density at radius 1 is 1.03 bits per heavy atom. The highest BCUT2D eigenvalue weighted by Crippen LogP contribution is 2.63. The summed E-state index contributed by atoms with van der Waals surface area (Å²) in [6, 6.07) is 13.9. The van der Waals surface area contributed by atoms with Crippen LogP contribution >= 0.6 is 11.6 Å². The van der Waals surface area contributed by atoms with Gasteiger partial charge in [-0.2, -0.15) is 0 Å². The molecule has 3 aliphatic rings. The molecule has 3 nitrogen and oxygen atoms in total. The van der Waals surface area contributed by atoms with Crippen molar-refractivity contribution in [2.45, 2.75) is 51.2 Å². The van der Waals surface area contributed by atoms with Crippen molar-refractivity contribution < 1.29 is 14.6 Å². The number of carbonyl (C=O) groups is 1. The second kappa shape index (κ2) is 6.20. The lowest BCUT2D eigenvalue weighted by atomic mass is 9.68. The summed E-state index contributed by atoms with van der Waals surface area (Å²) in [4.78, 5) is 13.6. The highest BCUT2D eigenvalue weighted by Gasteiger charge is 2.69. The minimum atomic E-state index is -0.480. The van der Waals surface area contributed by atoms with Crippen LogP contribution in [0.5, 0.6) is 0 Å². The number of aliphatic hydroxyl groups is 1. The first kappa shape index (κ1) is 18.9. The fourth-order valence-corrected chi connectivity index (χ4v) is 5.92. The normalized spacial score (nSPS) is 32.9. The molecule has 2 fully saturated rings. The zero-order chi connectivity index (χ0) is 20.6. The number of halogens is 1. The molecule has 0 spiro atoms. The van der Waals surface area contributed by atoms with Crippen molar-refractivity contribution in [3.8, 4) is 11.1 Å². The molecule has 4 atom stereocenters. The van der Waals surface area contributed by atoms with Crippen LogP contribution in [-0.2, 0) is 16.0 Å². The summed E-state index contributed by atoms with van der Waals surface area (Å²) < 4.78 is 6.27. The smallest absolute Gasteiger partial charge is 0.173 e. The Labute approximate surface area is 176 Å². The SMILES string of the molecule is CCc1ccc(-c2ccc(Cl)cc2)cc1C1=C(O)[C@H]2[C@@H](C1=O)C1(C)CCC2(C)O1. The van der Waals surface area contributed by atoms with Gasteiger partial charge in [0.2, 0.25) is 0 Å². The van der Waals surface area contributed by atoms with E-state index in [1.807, 2.05) is 44.2 Å². The lowest BCUT2D eigenvalue weighted by molar-refractivity contribution is -0.121. The molecule has 2 heterocycles. The first-order valence-electron chi connectivity index (χ1n) is 10.3. The summed E-state index contributed by atoms with van der Waals surface area (Å²) in [5, 5.41) is 12.0. The molecular formula is C25H25ClO3. The van der Waals surface area contributed by atoms with Crippen molar-refractivity contribution in [3.05, 3.63) is 64.4 Å². The molecular weight excluding hydrogens is 384 g/mol. The topological polar surface area (TPSA) is 46.5 Å². The second-order valence-corrected chi connectivity index (χ2v) is 9.48. The van der Waals surface area contributed by atoms with Crippen molar-refractivity contribution in [1.29, 1.82) is 0 Å². The van der Waals surface area contributed by atoms with Gasteiger partial charge in [-0.25, -0.2) is 0 Å². The number of Topliss-reactive ketones (excluding diaryl/α,β-unsaturated/α-hetero) is 1. The maximum atomic E-state index is 13.6. The van der Waals surface area contributed by atoms with Crippen molar-refractivity contribution in [2.75, 3.05) is 0 Å². The molecule has 1 aliphatic carbocycles. The van der Waals surface area contributed by atoms with Crippen LogP contribution in [0.25, 0.3) is 16.7 Å². The highest BCUT2D eigenvalue weighted by atomic mass is 35.5. The van der Waals surface area contributed by atoms with Crippen LogP contribution in [0.3, 0.4) is 0 Å². The highest BCUT2D eigenvalue weighted by molar-refractivity contribution is 6.30. The van der Waals surface area contributed by atoms with Gasteiger partial charge in [-0.3, -0.25) is 4.79 Å². The predicted octanol–water partition coefficient (Wildman–Crippen LogP) is 6.00. The Morgan fingerprint density at radius 3 is 2.28 bits per heavy atom. The molecule has 0 radical (unpaired) electrons. The first-order chi connectivity index (χ1) is 13.8. The average molecular weight is 409 g/mol. The average Bonchev–Trinajstić information content (AvgIpc) is 3.25. The Balaban J connectivity index is 1.65. The number of rotatable bonds is 3. The molecule has 4 heteroatoms. The molecule has 2 aromatic carbocycles. The Bertz CT molecular complexity index is 1050. The van der Waals surface area contributed by atoms with E-state index in [9.17, 15) is 9.90 Å². The van der Waals surface area contributed by atoms with Crippen LogP contribution in [0.2, 0.25) is 5.02 Å². The molecule has 2 unspecified atom stereocenters. The van der Waals surface area contributed by atoms with E-state index in [2.05, 4.69) is 19.1 Å². The summed E-state index contributed by atoms with van der Waals surface area (Å²) in [5.74, 6) is -0.289. The van der Waals surface area contributed by atoms with Gasteiger partial charge in [0.15, 0.2) is 5.78 Å². The maximum absolute atomic E-state index is 13.6. The maximum Gasteiger partial charge on any atom is 0.173 e. The van der Waals surface area contributed by atoms with Gasteiger partial charge in [0.05, 0.1) is 28.6 Å². The summed E-state index contributed by atoms with van der Waals surface area (Å²) in [7, 11) is 0. The van der Waals surface area contributed by atoms with E-state index in [-0.39, 0.29) is 23.4 Å². The van der Waals surface area contributed by atoms with Gasteiger partial charge in [0.1, 0.15) is 5.76 Å². The quantitative estimate of drug-likeness (QED) is 0.677. The van der Waals surface area contributed by atoms with Crippen molar-refractivity contribution in [1.82, 2.24) is 0 Å². The zero-order valence-corrected chi connectivity index (χ0v) is 17.7. The van der Waals surface area contributed by atoms with E-state index in [0.717, 1.165) is 41.5 Å². The largest absolute Gasteiger partial charge is 0.511 e. The lowest BCUT2D eigenvalue weighted by Gasteiger charge is -2.30. The molecule has 5 rings (SSSR count). The molecule has 29 heavy (non-hydrogen) atoms. The number of benzene rings is 2. The third-order valence-electron chi connectivity index (χ3n) is 7.25. The van der Waals surface area contributed by atoms with Gasteiger partial charge in [-0.05, 0) is 73.6 Å². The number of allylic oxidation sites excluding steroid dienone is 1. The molecule has 2 aromatic rings. The minimum Gasteiger partial charge on any atom is -0.511 e. The number of aliphatic hydroxyl groups excluding tert-OH is 1. The van der Waals surface area contributed by atoms with E-state index >= 15 is 0 Å². The Kier molecular flexibility index (Phi) is 4.04. The molecule has 0 amide bonds. The van der Waals surface area contributed by atoms with Crippen LogP contribution in [-0.4, -0.2) is 22.1 Å². The van der Waals surface area contributed by atoms with Gasteiger partial charge < -0.3 is 9.84 Å². The van der Waals surface area contributed by atoms with Crippen molar-refractivity contribution >= 4 is 23.0 Å². The van der Waals surface area contributed by atoms with Gasteiger partial charge in [0, 0.05) is 5.02 Å². The van der Waals surface area contributed by atoms with Crippen LogP contribution in [0.1, 0.15) is 44.7 Å². The molecule has 0 aromatic heterocycles. The third-order valence-corrected chi connectivity index (χ3v) is 7.50. The van der Waals surface area contributed by atoms with Crippen molar-refractivity contribution in [3.63, 3.8) is 0 Å². The number of carbonyl (C=O) groups excluding carboxylic acids is 1. The molecule has 0 saturated carbocycles. The predicted molar refractivity (Wildman–Crippen MR) is 115 cm³/mol. The van der Waals surface area contributed by atoms with Crippen LogP contribution in [0, 0.1) is 11.8 Å². The van der Waals surface area contributed by atoms with E-state index in [1.54, 1.807) is 0 Å². The molecule has 2 aliphatic heterocycles.